The van der Waals surface area contributed by atoms with E-state index in [4.69, 9.17) is 4.74 Å². The van der Waals surface area contributed by atoms with Crippen molar-refractivity contribution in [3.05, 3.63) is 84.5 Å². The van der Waals surface area contributed by atoms with Gasteiger partial charge < -0.3 is 4.74 Å². The summed E-state index contributed by atoms with van der Waals surface area (Å²) in [4.78, 5) is 11.5. The Labute approximate surface area is 136 Å². The number of esters is 1. The van der Waals surface area contributed by atoms with Gasteiger partial charge in [0.15, 0.2) is 0 Å². The molecule has 1 aliphatic rings. The second-order valence-corrected chi connectivity index (χ2v) is 5.65. The summed E-state index contributed by atoms with van der Waals surface area (Å²) in [6.07, 6.45) is 13.2. The molecule has 0 heterocycles. The lowest BCUT2D eigenvalue weighted by Crippen LogP contribution is -2.09. The van der Waals surface area contributed by atoms with Crippen LogP contribution in [-0.4, -0.2) is 13.1 Å². The minimum Gasteiger partial charge on any atom is -0.466 e. The third-order valence-corrected chi connectivity index (χ3v) is 4.23. The smallest absolute Gasteiger partial charge is 0.330 e. The van der Waals surface area contributed by atoms with Gasteiger partial charge >= 0.3 is 5.97 Å². The van der Waals surface area contributed by atoms with Crippen molar-refractivity contribution >= 4 is 16.7 Å². The van der Waals surface area contributed by atoms with E-state index in [1.54, 1.807) is 0 Å². The van der Waals surface area contributed by atoms with Gasteiger partial charge in [0.1, 0.15) is 0 Å². The third kappa shape index (κ3) is 3.42. The van der Waals surface area contributed by atoms with E-state index in [-0.39, 0.29) is 17.8 Å². The molecule has 0 N–H and O–H groups in total. The van der Waals surface area contributed by atoms with Crippen LogP contribution >= 0.6 is 0 Å². The van der Waals surface area contributed by atoms with Crippen LogP contribution in [0, 0.1) is 5.92 Å². The van der Waals surface area contributed by atoms with Crippen molar-refractivity contribution in [3.63, 3.8) is 0 Å². The molecule has 0 fully saturated rings. The molecule has 0 aromatic heterocycles. The SMILES string of the molecule is COC(=O)/C=C/C(c1cccc2ccccc12)C1C=CCC=C1. The lowest BCUT2D eigenvalue weighted by Gasteiger charge is -2.23. The number of hydrogen-bond acceptors (Lipinski definition) is 2. The highest BCUT2D eigenvalue weighted by molar-refractivity contribution is 5.87. The highest BCUT2D eigenvalue weighted by Gasteiger charge is 2.19. The molecule has 2 heteroatoms. The quantitative estimate of drug-likeness (QED) is 0.461. The number of allylic oxidation sites excluding steroid dienone is 5. The Bertz CT molecular complexity index is 766. The van der Waals surface area contributed by atoms with Crippen LogP contribution in [0.1, 0.15) is 17.9 Å². The monoisotopic (exact) mass is 304 g/mol. The summed E-state index contributed by atoms with van der Waals surface area (Å²) in [5.41, 5.74) is 1.23. The van der Waals surface area contributed by atoms with Crippen LogP contribution in [0.4, 0.5) is 0 Å². The maximum atomic E-state index is 11.5. The number of benzene rings is 2. The molecule has 0 saturated carbocycles. The van der Waals surface area contributed by atoms with Gasteiger partial charge in [-0.2, -0.15) is 0 Å². The maximum Gasteiger partial charge on any atom is 0.330 e. The number of ether oxygens (including phenoxy) is 1. The molecule has 0 aliphatic heterocycles. The van der Waals surface area contributed by atoms with E-state index in [0.717, 1.165) is 6.42 Å². The Morgan fingerprint density at radius 3 is 2.65 bits per heavy atom. The molecule has 0 spiro atoms. The van der Waals surface area contributed by atoms with Crippen molar-refractivity contribution in [2.45, 2.75) is 12.3 Å². The lowest BCUT2D eigenvalue weighted by atomic mass is 9.81. The fourth-order valence-electron chi connectivity index (χ4n) is 3.08. The predicted molar refractivity (Wildman–Crippen MR) is 94.2 cm³/mol. The normalized spacial score (nSPS) is 16.0. The molecule has 2 nitrogen and oxygen atoms in total. The van der Waals surface area contributed by atoms with Gasteiger partial charge in [0.2, 0.25) is 0 Å². The van der Waals surface area contributed by atoms with Crippen molar-refractivity contribution < 1.29 is 9.53 Å². The number of methoxy groups -OCH3 is 1. The Morgan fingerprint density at radius 1 is 1.13 bits per heavy atom. The fourth-order valence-corrected chi connectivity index (χ4v) is 3.08. The molecular weight excluding hydrogens is 284 g/mol. The van der Waals surface area contributed by atoms with Crippen LogP contribution < -0.4 is 0 Å². The van der Waals surface area contributed by atoms with Crippen molar-refractivity contribution in [3.8, 4) is 0 Å². The molecule has 1 unspecified atom stereocenters. The highest BCUT2D eigenvalue weighted by atomic mass is 16.5. The van der Waals surface area contributed by atoms with E-state index >= 15 is 0 Å². The van der Waals surface area contributed by atoms with Crippen LogP contribution in [0.15, 0.2) is 78.9 Å². The van der Waals surface area contributed by atoms with E-state index in [0.29, 0.717) is 0 Å². The molecular formula is C21H20O2. The largest absolute Gasteiger partial charge is 0.466 e. The van der Waals surface area contributed by atoms with E-state index < -0.39 is 0 Å². The summed E-state index contributed by atoms with van der Waals surface area (Å²) in [5, 5.41) is 2.44. The van der Waals surface area contributed by atoms with Crippen LogP contribution in [0.5, 0.6) is 0 Å². The van der Waals surface area contributed by atoms with Gasteiger partial charge in [-0.3, -0.25) is 0 Å². The minimum atomic E-state index is -0.320. The lowest BCUT2D eigenvalue weighted by molar-refractivity contribution is -0.134. The fraction of sp³-hybridized carbons (Fsp3) is 0.190. The van der Waals surface area contributed by atoms with E-state index in [1.807, 2.05) is 12.1 Å². The van der Waals surface area contributed by atoms with Gasteiger partial charge in [0.25, 0.3) is 0 Å². The van der Waals surface area contributed by atoms with Crippen LogP contribution in [0.2, 0.25) is 0 Å². The average Bonchev–Trinajstić information content (AvgIpc) is 2.62. The Hall–Kier alpha value is -2.61. The Kier molecular flexibility index (Phi) is 4.72. The molecule has 0 radical (unpaired) electrons. The predicted octanol–water partition coefficient (Wildman–Crippen LogP) is 4.78. The molecule has 3 rings (SSSR count). The third-order valence-electron chi connectivity index (χ3n) is 4.23. The zero-order valence-corrected chi connectivity index (χ0v) is 13.2. The molecule has 1 atom stereocenters. The van der Waals surface area contributed by atoms with Crippen molar-refractivity contribution in [2.24, 2.45) is 5.92 Å². The van der Waals surface area contributed by atoms with Crippen LogP contribution in [0.25, 0.3) is 10.8 Å². The number of hydrogen-bond donors (Lipinski definition) is 0. The molecule has 2 aromatic carbocycles. The first kappa shape index (κ1) is 15.3. The molecule has 23 heavy (non-hydrogen) atoms. The first-order chi connectivity index (χ1) is 11.3. The number of carbonyl (C=O) groups excluding carboxylic acids is 1. The zero-order chi connectivity index (χ0) is 16.1. The second kappa shape index (κ2) is 7.10. The van der Waals surface area contributed by atoms with Gasteiger partial charge in [-0.25, -0.2) is 4.79 Å². The van der Waals surface area contributed by atoms with Gasteiger partial charge in [-0.1, -0.05) is 72.8 Å². The Morgan fingerprint density at radius 2 is 1.87 bits per heavy atom. The second-order valence-electron chi connectivity index (χ2n) is 5.65. The molecule has 1 aliphatic carbocycles. The Balaban J connectivity index is 2.07. The van der Waals surface area contributed by atoms with Crippen molar-refractivity contribution in [2.75, 3.05) is 7.11 Å². The zero-order valence-electron chi connectivity index (χ0n) is 13.2. The maximum absolute atomic E-state index is 11.5. The van der Waals surface area contributed by atoms with Gasteiger partial charge in [-0.05, 0) is 22.8 Å². The number of fused-ring (bicyclic) bond motifs is 1. The number of carbonyl (C=O) groups is 1. The molecule has 0 bridgehead atoms. The average molecular weight is 304 g/mol. The summed E-state index contributed by atoms with van der Waals surface area (Å²) in [6.45, 7) is 0. The summed E-state index contributed by atoms with van der Waals surface area (Å²) in [5.74, 6) is 0.0301. The minimum absolute atomic E-state index is 0.105. The van der Waals surface area contributed by atoms with Crippen LogP contribution in [-0.2, 0) is 9.53 Å². The molecule has 116 valence electrons. The summed E-state index contributed by atoms with van der Waals surface area (Å²) < 4.78 is 4.75. The van der Waals surface area contributed by atoms with Gasteiger partial charge in [0.05, 0.1) is 7.11 Å². The van der Waals surface area contributed by atoms with E-state index in [1.165, 1.54) is 29.5 Å². The summed E-state index contributed by atoms with van der Waals surface area (Å²) >= 11 is 0. The van der Waals surface area contributed by atoms with Crippen LogP contribution in [0.3, 0.4) is 0 Å². The van der Waals surface area contributed by atoms with Crippen molar-refractivity contribution in [1.29, 1.82) is 0 Å². The van der Waals surface area contributed by atoms with E-state index in [2.05, 4.69) is 60.7 Å². The summed E-state index contributed by atoms with van der Waals surface area (Å²) in [7, 11) is 1.40. The highest BCUT2D eigenvalue weighted by Crippen LogP contribution is 2.34. The molecule has 0 amide bonds. The topological polar surface area (TPSA) is 26.3 Å². The van der Waals surface area contributed by atoms with Crippen molar-refractivity contribution in [1.82, 2.24) is 0 Å². The molecule has 0 saturated heterocycles. The summed E-state index contributed by atoms with van der Waals surface area (Å²) in [6, 6.07) is 14.7. The van der Waals surface area contributed by atoms with Gasteiger partial charge in [0, 0.05) is 17.9 Å². The van der Waals surface area contributed by atoms with Gasteiger partial charge in [-0.15, -0.1) is 0 Å². The molecule has 2 aromatic rings. The van der Waals surface area contributed by atoms with E-state index in [9.17, 15) is 4.79 Å². The number of rotatable bonds is 4. The first-order valence-electron chi connectivity index (χ1n) is 7.87. The first-order valence-corrected chi connectivity index (χ1v) is 7.87. The standard InChI is InChI=1S/C21H20O2/c1-23-21(22)15-14-19(16-8-3-2-4-9-16)20-13-7-11-17-10-5-6-12-18(17)20/h3-16,19H,2H2,1H3/b15-14+.